The summed E-state index contributed by atoms with van der Waals surface area (Å²) >= 11 is 0. The number of rotatable bonds is 8. The molecule has 0 aromatic carbocycles. The predicted molar refractivity (Wildman–Crippen MR) is 78.9 cm³/mol. The van der Waals surface area contributed by atoms with Crippen LogP contribution in [-0.2, 0) is 9.47 Å². The molecule has 0 saturated heterocycles. The van der Waals surface area contributed by atoms with E-state index in [9.17, 15) is 4.79 Å². The lowest BCUT2D eigenvalue weighted by Gasteiger charge is -2.23. The van der Waals surface area contributed by atoms with Crippen LogP contribution in [0.15, 0.2) is 18.3 Å². The monoisotopic (exact) mass is 280 g/mol. The van der Waals surface area contributed by atoms with Crippen LogP contribution in [0.5, 0.6) is 0 Å². The summed E-state index contributed by atoms with van der Waals surface area (Å²) in [6.45, 7) is 9.54. The maximum atomic E-state index is 11.9. The minimum Gasteiger partial charge on any atom is -0.462 e. The van der Waals surface area contributed by atoms with E-state index in [1.54, 1.807) is 25.3 Å². The molecule has 112 valence electrons. The number of carbonyl (C=O) groups excluding carboxylic acids is 1. The molecule has 0 aliphatic heterocycles. The number of anilines is 1. The van der Waals surface area contributed by atoms with Crippen LogP contribution >= 0.6 is 0 Å². The maximum absolute atomic E-state index is 11.9. The van der Waals surface area contributed by atoms with E-state index in [0.29, 0.717) is 37.1 Å². The fourth-order valence-electron chi connectivity index (χ4n) is 1.72. The van der Waals surface area contributed by atoms with Crippen LogP contribution in [0.3, 0.4) is 0 Å². The smallest absolute Gasteiger partial charge is 0.341 e. The van der Waals surface area contributed by atoms with E-state index < -0.39 is 0 Å². The molecule has 0 aliphatic rings. The molecule has 0 aliphatic carbocycles. The van der Waals surface area contributed by atoms with E-state index in [4.69, 9.17) is 9.47 Å². The van der Waals surface area contributed by atoms with Crippen molar-refractivity contribution in [2.24, 2.45) is 5.92 Å². The lowest BCUT2D eigenvalue weighted by atomic mass is 10.1. The Labute approximate surface area is 120 Å². The molecule has 0 spiro atoms. The molecule has 5 heteroatoms. The summed E-state index contributed by atoms with van der Waals surface area (Å²) in [4.78, 5) is 16.1. The van der Waals surface area contributed by atoms with Gasteiger partial charge in [-0.3, -0.25) is 0 Å². The molecule has 1 heterocycles. The molecule has 1 aromatic rings. The van der Waals surface area contributed by atoms with Crippen molar-refractivity contribution in [2.75, 3.05) is 25.1 Å². The molecular weight excluding hydrogens is 256 g/mol. The Morgan fingerprint density at radius 1 is 1.35 bits per heavy atom. The highest BCUT2D eigenvalue weighted by Crippen LogP contribution is 2.17. The number of ether oxygens (including phenoxy) is 2. The van der Waals surface area contributed by atoms with E-state index in [1.807, 2.05) is 6.92 Å². The van der Waals surface area contributed by atoms with Crippen molar-refractivity contribution in [1.82, 2.24) is 4.98 Å². The zero-order valence-corrected chi connectivity index (χ0v) is 12.7. The van der Waals surface area contributed by atoms with E-state index in [0.717, 1.165) is 0 Å². The second-order valence-corrected chi connectivity index (χ2v) is 4.77. The zero-order chi connectivity index (χ0) is 15.0. The molecule has 0 amide bonds. The molecule has 1 aromatic heterocycles. The molecule has 0 radical (unpaired) electrons. The van der Waals surface area contributed by atoms with Gasteiger partial charge in [-0.15, -0.1) is 0 Å². The number of esters is 1. The standard InChI is InChI=1S/C15H24N2O3/c1-5-19-10-13(11(3)4)17-14-12(8-7-9-16-14)15(18)20-6-2/h7-9,11,13H,5-6,10H2,1-4H3,(H,16,17). The Balaban J connectivity index is 2.86. The van der Waals surface area contributed by atoms with E-state index in [-0.39, 0.29) is 12.0 Å². The van der Waals surface area contributed by atoms with Crippen molar-refractivity contribution in [3.8, 4) is 0 Å². The van der Waals surface area contributed by atoms with Crippen molar-refractivity contribution >= 4 is 11.8 Å². The Bertz CT molecular complexity index is 421. The number of carbonyl (C=O) groups is 1. The summed E-state index contributed by atoms with van der Waals surface area (Å²) in [5, 5.41) is 3.28. The van der Waals surface area contributed by atoms with Gasteiger partial charge in [0.1, 0.15) is 11.4 Å². The lowest BCUT2D eigenvalue weighted by Crippen LogP contribution is -2.32. The fourth-order valence-corrected chi connectivity index (χ4v) is 1.72. The SMILES string of the molecule is CCOCC(Nc1ncccc1C(=O)OCC)C(C)C. The van der Waals surface area contributed by atoms with Gasteiger partial charge in [0, 0.05) is 12.8 Å². The zero-order valence-electron chi connectivity index (χ0n) is 12.7. The molecule has 1 atom stereocenters. The number of hydrogen-bond donors (Lipinski definition) is 1. The molecule has 0 saturated carbocycles. The third-order valence-corrected chi connectivity index (χ3v) is 2.93. The Hall–Kier alpha value is -1.62. The average Bonchev–Trinajstić information content (AvgIpc) is 2.43. The molecule has 1 N–H and O–H groups in total. The lowest BCUT2D eigenvalue weighted by molar-refractivity contribution is 0.0526. The minimum absolute atomic E-state index is 0.0954. The van der Waals surface area contributed by atoms with Crippen LogP contribution in [0.4, 0.5) is 5.82 Å². The van der Waals surface area contributed by atoms with Gasteiger partial charge in [-0.25, -0.2) is 9.78 Å². The Morgan fingerprint density at radius 3 is 2.70 bits per heavy atom. The molecule has 1 rings (SSSR count). The maximum Gasteiger partial charge on any atom is 0.341 e. The highest BCUT2D eigenvalue weighted by molar-refractivity contribution is 5.94. The summed E-state index contributed by atoms with van der Waals surface area (Å²) in [6.07, 6.45) is 1.66. The Kier molecular flexibility index (Phi) is 7.01. The largest absolute Gasteiger partial charge is 0.462 e. The van der Waals surface area contributed by atoms with Crippen LogP contribution in [-0.4, -0.2) is 36.8 Å². The van der Waals surface area contributed by atoms with Crippen molar-refractivity contribution < 1.29 is 14.3 Å². The van der Waals surface area contributed by atoms with Crippen molar-refractivity contribution in [3.63, 3.8) is 0 Å². The summed E-state index contributed by atoms with van der Waals surface area (Å²) < 4.78 is 10.5. The van der Waals surface area contributed by atoms with Gasteiger partial charge in [-0.1, -0.05) is 13.8 Å². The fraction of sp³-hybridized carbons (Fsp3) is 0.600. The van der Waals surface area contributed by atoms with Gasteiger partial charge in [-0.05, 0) is 31.9 Å². The number of pyridine rings is 1. The number of nitrogens with zero attached hydrogens (tertiary/aromatic N) is 1. The topological polar surface area (TPSA) is 60.5 Å². The highest BCUT2D eigenvalue weighted by atomic mass is 16.5. The molecule has 20 heavy (non-hydrogen) atoms. The van der Waals surface area contributed by atoms with Crippen molar-refractivity contribution in [2.45, 2.75) is 33.7 Å². The molecule has 0 fully saturated rings. The number of aromatic nitrogens is 1. The molecule has 1 unspecified atom stereocenters. The van der Waals surface area contributed by atoms with Crippen LogP contribution in [0.25, 0.3) is 0 Å². The first kappa shape index (κ1) is 16.4. The van der Waals surface area contributed by atoms with Gasteiger partial charge < -0.3 is 14.8 Å². The Morgan fingerprint density at radius 2 is 2.10 bits per heavy atom. The molecule has 5 nitrogen and oxygen atoms in total. The average molecular weight is 280 g/mol. The van der Waals surface area contributed by atoms with Gasteiger partial charge >= 0.3 is 5.97 Å². The summed E-state index contributed by atoms with van der Waals surface area (Å²) in [5.74, 6) is 0.546. The van der Waals surface area contributed by atoms with Gasteiger partial charge in [0.05, 0.1) is 19.3 Å². The first-order valence-electron chi connectivity index (χ1n) is 7.06. The van der Waals surface area contributed by atoms with Crippen molar-refractivity contribution in [3.05, 3.63) is 23.9 Å². The van der Waals surface area contributed by atoms with E-state index in [1.165, 1.54) is 0 Å². The summed E-state index contributed by atoms with van der Waals surface area (Å²) in [5.41, 5.74) is 0.455. The van der Waals surface area contributed by atoms with Gasteiger partial charge in [0.15, 0.2) is 0 Å². The van der Waals surface area contributed by atoms with E-state index in [2.05, 4.69) is 24.1 Å². The summed E-state index contributed by atoms with van der Waals surface area (Å²) in [7, 11) is 0. The van der Waals surface area contributed by atoms with Crippen LogP contribution in [0.1, 0.15) is 38.1 Å². The van der Waals surface area contributed by atoms with Crippen LogP contribution in [0.2, 0.25) is 0 Å². The quantitative estimate of drug-likeness (QED) is 0.742. The predicted octanol–water partition coefficient (Wildman–Crippen LogP) is 2.73. The highest BCUT2D eigenvalue weighted by Gasteiger charge is 2.19. The minimum atomic E-state index is -0.359. The molecule has 0 bridgehead atoms. The first-order valence-corrected chi connectivity index (χ1v) is 7.06. The van der Waals surface area contributed by atoms with Crippen LogP contribution in [0, 0.1) is 5.92 Å². The molecular formula is C15H24N2O3. The van der Waals surface area contributed by atoms with E-state index >= 15 is 0 Å². The number of hydrogen-bond acceptors (Lipinski definition) is 5. The third-order valence-electron chi connectivity index (χ3n) is 2.93. The third kappa shape index (κ3) is 4.81. The second kappa shape index (κ2) is 8.53. The normalized spacial score (nSPS) is 12.2. The van der Waals surface area contributed by atoms with Crippen molar-refractivity contribution in [1.29, 1.82) is 0 Å². The number of nitrogens with one attached hydrogen (secondary N) is 1. The summed E-state index contributed by atoms with van der Waals surface area (Å²) in [6, 6.07) is 3.54. The second-order valence-electron chi connectivity index (χ2n) is 4.77. The van der Waals surface area contributed by atoms with Gasteiger partial charge in [-0.2, -0.15) is 0 Å². The van der Waals surface area contributed by atoms with Gasteiger partial charge in [0.25, 0.3) is 0 Å². The van der Waals surface area contributed by atoms with Crippen LogP contribution < -0.4 is 5.32 Å². The van der Waals surface area contributed by atoms with Gasteiger partial charge in [0.2, 0.25) is 0 Å². The first-order chi connectivity index (χ1) is 9.60.